The molecule has 1 heterocycles. The zero-order valence-electron chi connectivity index (χ0n) is 12.4. The number of hydrogen-bond donors (Lipinski definition) is 2. The van der Waals surface area contributed by atoms with E-state index in [1.807, 2.05) is 6.92 Å². The minimum absolute atomic E-state index is 0.298. The van der Waals surface area contributed by atoms with Crippen molar-refractivity contribution in [2.45, 2.75) is 46.0 Å². The number of nitrogens with zero attached hydrogens (tertiary/aromatic N) is 1. The van der Waals surface area contributed by atoms with Crippen molar-refractivity contribution in [3.05, 3.63) is 23.4 Å². The average Bonchev–Trinajstić information content (AvgIpc) is 2.40. The number of carboxylic acid groups (broad SMARTS) is 1. The van der Waals surface area contributed by atoms with Crippen molar-refractivity contribution in [2.75, 3.05) is 11.9 Å². The second kappa shape index (κ2) is 6.73. The summed E-state index contributed by atoms with van der Waals surface area (Å²) >= 11 is 0. The highest BCUT2D eigenvalue weighted by Crippen LogP contribution is 2.30. The van der Waals surface area contributed by atoms with Crippen LogP contribution in [0.5, 0.6) is 0 Å². The summed E-state index contributed by atoms with van der Waals surface area (Å²) in [6.07, 6.45) is 6.48. The van der Waals surface area contributed by atoms with E-state index in [0.29, 0.717) is 11.4 Å². The highest BCUT2D eigenvalue weighted by atomic mass is 16.4. The van der Waals surface area contributed by atoms with Gasteiger partial charge in [-0.25, -0.2) is 9.78 Å². The van der Waals surface area contributed by atoms with Crippen LogP contribution >= 0.6 is 0 Å². The molecule has 1 aromatic rings. The normalized spacial score (nSPS) is 22.5. The van der Waals surface area contributed by atoms with Crippen molar-refractivity contribution >= 4 is 11.8 Å². The van der Waals surface area contributed by atoms with Gasteiger partial charge in [0.15, 0.2) is 0 Å². The summed E-state index contributed by atoms with van der Waals surface area (Å²) in [6.45, 7) is 5.02. The Morgan fingerprint density at radius 2 is 2.05 bits per heavy atom. The average molecular weight is 276 g/mol. The molecule has 2 rings (SSSR count). The zero-order chi connectivity index (χ0) is 14.5. The molecule has 0 saturated heterocycles. The Labute approximate surface area is 120 Å². The van der Waals surface area contributed by atoms with E-state index in [1.165, 1.54) is 25.7 Å². The monoisotopic (exact) mass is 276 g/mol. The maximum Gasteiger partial charge on any atom is 0.335 e. The molecule has 2 N–H and O–H groups in total. The molecule has 110 valence electrons. The molecule has 1 saturated carbocycles. The van der Waals surface area contributed by atoms with Crippen LogP contribution in [0.4, 0.5) is 5.82 Å². The van der Waals surface area contributed by atoms with E-state index < -0.39 is 5.97 Å². The van der Waals surface area contributed by atoms with Gasteiger partial charge in [0.25, 0.3) is 0 Å². The number of hydrogen-bond acceptors (Lipinski definition) is 3. The van der Waals surface area contributed by atoms with Crippen LogP contribution in [0.25, 0.3) is 0 Å². The molecule has 0 bridgehead atoms. The van der Waals surface area contributed by atoms with E-state index in [-0.39, 0.29) is 0 Å². The quantitative estimate of drug-likeness (QED) is 0.860. The minimum atomic E-state index is -0.903. The molecule has 0 spiro atoms. The summed E-state index contributed by atoms with van der Waals surface area (Å²) in [5, 5.41) is 12.3. The first kappa shape index (κ1) is 14.8. The van der Waals surface area contributed by atoms with Crippen LogP contribution in [0.2, 0.25) is 0 Å². The number of anilines is 1. The van der Waals surface area contributed by atoms with Crippen molar-refractivity contribution in [1.82, 2.24) is 4.98 Å². The van der Waals surface area contributed by atoms with Crippen molar-refractivity contribution < 1.29 is 9.90 Å². The molecule has 0 amide bonds. The lowest BCUT2D eigenvalue weighted by Crippen LogP contribution is -2.16. The van der Waals surface area contributed by atoms with E-state index in [1.54, 1.807) is 12.1 Å². The number of carboxylic acids is 1. The fourth-order valence-corrected chi connectivity index (χ4v) is 2.90. The molecule has 0 atom stereocenters. The molecule has 1 fully saturated rings. The number of aryl methyl sites for hydroxylation is 1. The van der Waals surface area contributed by atoms with E-state index in [2.05, 4.69) is 17.2 Å². The van der Waals surface area contributed by atoms with Gasteiger partial charge in [0.05, 0.1) is 5.56 Å². The van der Waals surface area contributed by atoms with Crippen LogP contribution in [0.15, 0.2) is 12.1 Å². The van der Waals surface area contributed by atoms with E-state index in [9.17, 15) is 4.79 Å². The fraction of sp³-hybridized carbons (Fsp3) is 0.625. The Morgan fingerprint density at radius 1 is 1.35 bits per heavy atom. The third-order valence-electron chi connectivity index (χ3n) is 4.19. The summed E-state index contributed by atoms with van der Waals surface area (Å²) in [5.41, 5.74) is 1.03. The SMILES string of the molecule is Cc1cc(C(=O)O)cc(NCCC2CCC(C)CC2)n1. The first-order valence-electron chi connectivity index (χ1n) is 7.50. The molecular weight excluding hydrogens is 252 g/mol. The van der Waals surface area contributed by atoms with Gasteiger partial charge in [0.2, 0.25) is 0 Å². The molecule has 20 heavy (non-hydrogen) atoms. The highest BCUT2D eigenvalue weighted by molar-refractivity contribution is 5.88. The Morgan fingerprint density at radius 3 is 2.70 bits per heavy atom. The van der Waals surface area contributed by atoms with Crippen LogP contribution in [0.3, 0.4) is 0 Å². The number of aromatic nitrogens is 1. The number of nitrogens with one attached hydrogen (secondary N) is 1. The molecule has 1 aliphatic rings. The fourth-order valence-electron chi connectivity index (χ4n) is 2.90. The Hall–Kier alpha value is -1.58. The second-order valence-corrected chi connectivity index (χ2v) is 6.03. The lowest BCUT2D eigenvalue weighted by Gasteiger charge is -2.26. The van der Waals surface area contributed by atoms with Gasteiger partial charge in [-0.2, -0.15) is 0 Å². The van der Waals surface area contributed by atoms with Crippen molar-refractivity contribution in [1.29, 1.82) is 0 Å². The number of aromatic carboxylic acids is 1. The zero-order valence-corrected chi connectivity index (χ0v) is 12.4. The third kappa shape index (κ3) is 4.22. The molecule has 0 unspecified atom stereocenters. The van der Waals surface area contributed by atoms with Gasteiger partial charge >= 0.3 is 5.97 Å². The molecular formula is C16H24N2O2. The predicted octanol–water partition coefficient (Wildman–Crippen LogP) is 3.72. The molecule has 1 aliphatic carbocycles. The molecule has 1 aromatic heterocycles. The minimum Gasteiger partial charge on any atom is -0.478 e. The maximum absolute atomic E-state index is 11.0. The van der Waals surface area contributed by atoms with Crippen molar-refractivity contribution in [3.8, 4) is 0 Å². The lowest BCUT2D eigenvalue weighted by molar-refractivity contribution is 0.0696. The van der Waals surface area contributed by atoms with Crippen LogP contribution in [0, 0.1) is 18.8 Å². The summed E-state index contributed by atoms with van der Waals surface area (Å²) in [5.74, 6) is 1.46. The van der Waals surface area contributed by atoms with Crippen LogP contribution in [-0.4, -0.2) is 22.6 Å². The van der Waals surface area contributed by atoms with Crippen LogP contribution in [0.1, 0.15) is 55.1 Å². The van der Waals surface area contributed by atoms with E-state index >= 15 is 0 Å². The number of rotatable bonds is 5. The Balaban J connectivity index is 1.83. The van der Waals surface area contributed by atoms with Crippen LogP contribution < -0.4 is 5.32 Å². The second-order valence-electron chi connectivity index (χ2n) is 6.03. The highest BCUT2D eigenvalue weighted by Gasteiger charge is 2.17. The molecule has 0 aliphatic heterocycles. The van der Waals surface area contributed by atoms with Gasteiger partial charge in [-0.05, 0) is 37.3 Å². The smallest absolute Gasteiger partial charge is 0.335 e. The van der Waals surface area contributed by atoms with Gasteiger partial charge in [-0.1, -0.05) is 32.6 Å². The number of pyridine rings is 1. The van der Waals surface area contributed by atoms with Gasteiger partial charge in [0.1, 0.15) is 5.82 Å². The van der Waals surface area contributed by atoms with Gasteiger partial charge in [-0.3, -0.25) is 0 Å². The van der Waals surface area contributed by atoms with Gasteiger partial charge < -0.3 is 10.4 Å². The van der Waals surface area contributed by atoms with E-state index in [0.717, 1.165) is 30.5 Å². The number of carbonyl (C=O) groups is 1. The third-order valence-corrected chi connectivity index (χ3v) is 4.19. The van der Waals surface area contributed by atoms with Crippen molar-refractivity contribution in [3.63, 3.8) is 0 Å². The summed E-state index contributed by atoms with van der Waals surface area (Å²) in [6, 6.07) is 3.20. The molecule has 4 heteroatoms. The summed E-state index contributed by atoms with van der Waals surface area (Å²) in [7, 11) is 0. The lowest BCUT2D eigenvalue weighted by atomic mass is 9.81. The van der Waals surface area contributed by atoms with Crippen LogP contribution in [-0.2, 0) is 0 Å². The Kier molecular flexibility index (Phi) is 4.99. The van der Waals surface area contributed by atoms with E-state index in [4.69, 9.17) is 5.11 Å². The molecule has 4 nitrogen and oxygen atoms in total. The first-order chi connectivity index (χ1) is 9.54. The Bertz CT molecular complexity index is 466. The summed E-state index contributed by atoms with van der Waals surface area (Å²) in [4.78, 5) is 15.3. The maximum atomic E-state index is 11.0. The standard InChI is InChI=1S/C16H24N2O2/c1-11-3-5-13(6-4-11)7-8-17-15-10-14(16(19)20)9-12(2)18-15/h9-11,13H,3-8H2,1-2H3,(H,17,18)(H,19,20). The van der Waals surface area contributed by atoms with Crippen molar-refractivity contribution in [2.24, 2.45) is 11.8 Å². The molecule has 0 aromatic carbocycles. The molecule has 0 radical (unpaired) electrons. The van der Waals surface area contributed by atoms with Gasteiger partial charge in [-0.15, -0.1) is 0 Å². The largest absolute Gasteiger partial charge is 0.478 e. The summed E-state index contributed by atoms with van der Waals surface area (Å²) < 4.78 is 0. The predicted molar refractivity (Wildman–Crippen MR) is 80.2 cm³/mol. The first-order valence-corrected chi connectivity index (χ1v) is 7.50. The van der Waals surface area contributed by atoms with Gasteiger partial charge in [0, 0.05) is 12.2 Å². The topological polar surface area (TPSA) is 62.2 Å².